The second-order valence-electron chi connectivity index (χ2n) is 6.03. The fourth-order valence-electron chi connectivity index (χ4n) is 3.26. The second-order valence-corrected chi connectivity index (χ2v) is 9.57. The first-order chi connectivity index (χ1) is 10.1. The van der Waals surface area contributed by atoms with Gasteiger partial charge in [-0.1, -0.05) is 0 Å². The average molecular weight is 299 g/mol. The summed E-state index contributed by atoms with van der Waals surface area (Å²) in [4.78, 5) is 0. The molecule has 1 aliphatic heterocycles. The molecular formula is C17H23BNOP. The van der Waals surface area contributed by atoms with Crippen LogP contribution in [-0.4, -0.2) is 31.9 Å². The van der Waals surface area contributed by atoms with E-state index in [4.69, 9.17) is 4.52 Å². The van der Waals surface area contributed by atoms with E-state index in [1.54, 1.807) is 0 Å². The first kappa shape index (κ1) is 14.8. The second kappa shape index (κ2) is 5.92. The van der Waals surface area contributed by atoms with Crippen molar-refractivity contribution in [2.45, 2.75) is 18.9 Å². The number of likely N-dealkylation sites (N-methyl/N-ethyl adjacent to an activating group) is 1. The molecule has 1 aliphatic rings. The molecule has 21 heavy (non-hydrogen) atoms. The monoisotopic (exact) mass is 299 g/mol. The molecular weight excluding hydrogens is 276 g/mol. The van der Waals surface area contributed by atoms with Gasteiger partial charge in [-0.2, -0.15) is 0 Å². The van der Waals surface area contributed by atoms with Crippen molar-refractivity contribution < 1.29 is 4.52 Å². The van der Waals surface area contributed by atoms with Crippen molar-refractivity contribution in [1.29, 1.82) is 0 Å². The van der Waals surface area contributed by atoms with Crippen LogP contribution in [0.1, 0.15) is 18.4 Å². The molecule has 0 N–H and O–H groups in total. The summed E-state index contributed by atoms with van der Waals surface area (Å²) in [7, 11) is 2.51. The molecule has 3 rings (SSSR count). The first-order valence-corrected chi connectivity index (χ1v) is 9.96. The first-order valence-electron chi connectivity index (χ1n) is 7.60. The predicted molar refractivity (Wildman–Crippen MR) is 95.3 cm³/mol. The molecule has 0 saturated carbocycles. The Kier molecular flexibility index (Phi) is 4.17. The molecule has 1 heterocycles. The average Bonchev–Trinajstić information content (AvgIpc) is 2.54. The zero-order chi connectivity index (χ0) is 14.9. The van der Waals surface area contributed by atoms with Crippen molar-refractivity contribution in [1.82, 2.24) is 4.67 Å². The zero-order valence-electron chi connectivity index (χ0n) is 13.0. The van der Waals surface area contributed by atoms with E-state index in [-0.39, 0.29) is 0 Å². The Labute approximate surface area is 129 Å². The van der Waals surface area contributed by atoms with E-state index in [2.05, 4.69) is 86.9 Å². The summed E-state index contributed by atoms with van der Waals surface area (Å²) in [5, 5.41) is 1.35. The summed E-state index contributed by atoms with van der Waals surface area (Å²) in [6, 6.07) is 21.9. The minimum atomic E-state index is -2.02. The molecule has 0 bridgehead atoms. The molecule has 2 aromatic carbocycles. The van der Waals surface area contributed by atoms with Crippen LogP contribution in [-0.2, 0) is 4.52 Å². The van der Waals surface area contributed by atoms with E-state index in [1.807, 2.05) is 0 Å². The summed E-state index contributed by atoms with van der Waals surface area (Å²) >= 11 is 0. The minimum absolute atomic E-state index is 0.445. The van der Waals surface area contributed by atoms with Gasteiger partial charge in [0.1, 0.15) is 0 Å². The zero-order valence-corrected chi connectivity index (χ0v) is 14.0. The molecule has 0 unspecified atom stereocenters. The summed E-state index contributed by atoms with van der Waals surface area (Å²) < 4.78 is 8.96. The maximum atomic E-state index is 6.47. The van der Waals surface area contributed by atoms with E-state index in [0.29, 0.717) is 12.0 Å². The van der Waals surface area contributed by atoms with Crippen LogP contribution >= 0.6 is 7.52 Å². The van der Waals surface area contributed by atoms with Crippen LogP contribution in [0.4, 0.5) is 0 Å². The number of benzene rings is 2. The molecule has 2 atom stereocenters. The van der Waals surface area contributed by atoms with Gasteiger partial charge in [0.05, 0.1) is 0 Å². The molecule has 1 saturated heterocycles. The molecule has 0 radical (unpaired) electrons. The van der Waals surface area contributed by atoms with Crippen LogP contribution in [0.15, 0.2) is 60.7 Å². The molecule has 4 heteroatoms. The van der Waals surface area contributed by atoms with E-state index in [1.165, 1.54) is 10.9 Å². The summed E-state index contributed by atoms with van der Waals surface area (Å²) in [6.45, 7) is 3.14. The number of nitrogens with zero attached hydrogens (tertiary/aromatic N) is 1. The maximum absolute atomic E-state index is 6.47. The van der Waals surface area contributed by atoms with Gasteiger partial charge >= 0.3 is 128 Å². The van der Waals surface area contributed by atoms with Crippen molar-refractivity contribution in [2.24, 2.45) is 0 Å². The van der Waals surface area contributed by atoms with Crippen molar-refractivity contribution in [3.8, 4) is 0 Å². The predicted octanol–water partition coefficient (Wildman–Crippen LogP) is 2.57. The molecule has 0 aliphatic carbocycles. The Morgan fingerprint density at radius 2 is 1.62 bits per heavy atom. The van der Waals surface area contributed by atoms with Gasteiger partial charge in [0.15, 0.2) is 0 Å². The SMILES string of the molecule is B[PH]1(c2ccccc2)OC[C@@H](c2ccccc2)[C@@H](C)N1C. The molecule has 0 amide bonds. The van der Waals surface area contributed by atoms with Gasteiger partial charge in [-0.05, 0) is 0 Å². The van der Waals surface area contributed by atoms with Crippen LogP contribution in [0, 0.1) is 0 Å². The quantitative estimate of drug-likeness (QED) is 0.624. The van der Waals surface area contributed by atoms with Gasteiger partial charge in [0, 0.05) is 0 Å². The number of hydrogen-bond donors (Lipinski definition) is 0. The van der Waals surface area contributed by atoms with E-state index >= 15 is 0 Å². The van der Waals surface area contributed by atoms with Gasteiger partial charge in [0.2, 0.25) is 0 Å². The molecule has 2 nitrogen and oxygen atoms in total. The Bertz CT molecular complexity index is 594. The van der Waals surface area contributed by atoms with Gasteiger partial charge < -0.3 is 0 Å². The van der Waals surface area contributed by atoms with Crippen molar-refractivity contribution >= 4 is 20.4 Å². The Balaban J connectivity index is 1.88. The van der Waals surface area contributed by atoms with E-state index in [9.17, 15) is 0 Å². The molecule has 2 aromatic rings. The third-order valence-corrected chi connectivity index (χ3v) is 8.83. The molecule has 0 spiro atoms. The van der Waals surface area contributed by atoms with Crippen molar-refractivity contribution in [3.63, 3.8) is 0 Å². The number of hydrogen-bond acceptors (Lipinski definition) is 2. The van der Waals surface area contributed by atoms with Gasteiger partial charge in [-0.25, -0.2) is 0 Å². The molecule has 1 fully saturated rings. The molecule has 0 aromatic heterocycles. The van der Waals surface area contributed by atoms with E-state index < -0.39 is 7.52 Å². The summed E-state index contributed by atoms with van der Waals surface area (Å²) in [6.07, 6.45) is 0. The normalized spacial score (nSPS) is 27.1. The topological polar surface area (TPSA) is 12.5 Å². The van der Waals surface area contributed by atoms with Gasteiger partial charge in [0.25, 0.3) is 0 Å². The fraction of sp³-hybridized carbons (Fsp3) is 0.294. The Morgan fingerprint density at radius 1 is 1.05 bits per heavy atom. The summed E-state index contributed by atoms with van der Waals surface area (Å²) in [5.74, 6) is 0.445. The number of rotatable bonds is 2. The van der Waals surface area contributed by atoms with Crippen LogP contribution in [0.25, 0.3) is 0 Å². The van der Waals surface area contributed by atoms with Crippen LogP contribution in [0.2, 0.25) is 0 Å². The summed E-state index contributed by atoms with van der Waals surface area (Å²) in [5.41, 5.74) is 1.38. The molecule has 110 valence electrons. The third kappa shape index (κ3) is 2.66. The third-order valence-electron chi connectivity index (χ3n) is 4.95. The van der Waals surface area contributed by atoms with Gasteiger partial charge in [-0.3, -0.25) is 0 Å². The van der Waals surface area contributed by atoms with Crippen LogP contribution < -0.4 is 5.30 Å². The fourth-order valence-corrected chi connectivity index (χ4v) is 6.31. The van der Waals surface area contributed by atoms with E-state index in [0.717, 1.165) is 6.61 Å². The van der Waals surface area contributed by atoms with Crippen molar-refractivity contribution in [2.75, 3.05) is 13.7 Å². The Hall–Kier alpha value is -1.15. The van der Waals surface area contributed by atoms with Crippen LogP contribution in [0.3, 0.4) is 0 Å². The van der Waals surface area contributed by atoms with Gasteiger partial charge in [-0.15, -0.1) is 0 Å². The Morgan fingerprint density at radius 3 is 2.24 bits per heavy atom. The van der Waals surface area contributed by atoms with Crippen LogP contribution in [0.5, 0.6) is 0 Å². The van der Waals surface area contributed by atoms with Crippen molar-refractivity contribution in [3.05, 3.63) is 66.2 Å². The standard InChI is InChI=1S/C17H23BNOP/c1-14-17(15-9-5-3-6-10-15)13-20-21(18,19(14)2)16-11-7-4-8-12-16/h3-12,14,17,21H,13,18H2,1-2H3/t14-,17-/m1/s1.